The Hall–Kier alpha value is -1.31. The van der Waals surface area contributed by atoms with Gasteiger partial charge in [0, 0.05) is 5.56 Å². The fourth-order valence-corrected chi connectivity index (χ4v) is 2.46. The van der Waals surface area contributed by atoms with Gasteiger partial charge in [0.25, 0.3) is 0 Å². The zero-order chi connectivity index (χ0) is 13.1. The highest BCUT2D eigenvalue weighted by Crippen LogP contribution is 2.30. The Balaban J connectivity index is 3.11. The third kappa shape index (κ3) is 3.88. The van der Waals surface area contributed by atoms with E-state index in [-0.39, 0.29) is 0 Å². The number of nitrogens with zero attached hydrogens (tertiary/aromatic N) is 1. The van der Waals surface area contributed by atoms with E-state index < -0.39 is 14.4 Å². The molecule has 1 aromatic rings. The Kier molecular flexibility index (Phi) is 4.32. The van der Waals surface area contributed by atoms with E-state index in [1.165, 1.54) is 0 Å². The molecule has 3 nitrogen and oxygen atoms in total. The Labute approximate surface area is 104 Å². The predicted molar refractivity (Wildman–Crippen MR) is 70.5 cm³/mol. The lowest BCUT2D eigenvalue weighted by molar-refractivity contribution is 0.248. The van der Waals surface area contributed by atoms with Gasteiger partial charge in [-0.05, 0) is 38.7 Å². The van der Waals surface area contributed by atoms with Gasteiger partial charge in [-0.3, -0.25) is 0 Å². The van der Waals surface area contributed by atoms with Gasteiger partial charge < -0.3 is 9.16 Å². The van der Waals surface area contributed by atoms with Crippen molar-refractivity contribution in [2.24, 2.45) is 0 Å². The van der Waals surface area contributed by atoms with Crippen molar-refractivity contribution in [2.75, 3.05) is 7.11 Å². The monoisotopic (exact) mass is 249 g/mol. The molecule has 0 unspecified atom stereocenters. The van der Waals surface area contributed by atoms with Crippen LogP contribution in [-0.2, 0) is 4.43 Å². The lowest BCUT2D eigenvalue weighted by atomic mass is 10.1. The van der Waals surface area contributed by atoms with Crippen molar-refractivity contribution in [3.63, 3.8) is 0 Å². The smallest absolute Gasteiger partial charge is 0.186 e. The minimum atomic E-state index is -1.76. The molecule has 0 N–H and O–H groups in total. The van der Waals surface area contributed by atoms with Crippen molar-refractivity contribution in [3.05, 3.63) is 29.3 Å². The molecule has 92 valence electrons. The second kappa shape index (κ2) is 5.35. The molecule has 4 heteroatoms. The summed E-state index contributed by atoms with van der Waals surface area (Å²) in [7, 11) is -0.147. The average Bonchev–Trinajstić information content (AvgIpc) is 2.24. The molecule has 0 aliphatic rings. The van der Waals surface area contributed by atoms with E-state index in [1.807, 2.05) is 25.1 Å². The quantitative estimate of drug-likeness (QED) is 0.768. The molecule has 17 heavy (non-hydrogen) atoms. The molecule has 0 aliphatic carbocycles. The summed E-state index contributed by atoms with van der Waals surface area (Å²) in [4.78, 5) is 0. The van der Waals surface area contributed by atoms with Gasteiger partial charge >= 0.3 is 0 Å². The van der Waals surface area contributed by atoms with Gasteiger partial charge in [0.2, 0.25) is 0 Å². The molecular formula is C13H19NO2Si. The van der Waals surface area contributed by atoms with Crippen LogP contribution in [0.5, 0.6) is 5.75 Å². The van der Waals surface area contributed by atoms with Crippen LogP contribution in [0.4, 0.5) is 0 Å². The summed E-state index contributed by atoms with van der Waals surface area (Å²) in [6, 6.07) is 8.00. The van der Waals surface area contributed by atoms with Crippen LogP contribution < -0.4 is 4.74 Å². The topological polar surface area (TPSA) is 42.2 Å². The molecule has 0 spiro atoms. The zero-order valence-corrected chi connectivity index (χ0v) is 12.1. The van der Waals surface area contributed by atoms with Crippen LogP contribution in [-0.4, -0.2) is 15.4 Å². The van der Waals surface area contributed by atoms with Crippen molar-refractivity contribution in [2.45, 2.75) is 32.7 Å². The third-order valence-corrected chi connectivity index (χ3v) is 3.20. The Morgan fingerprint density at radius 2 is 1.94 bits per heavy atom. The highest BCUT2D eigenvalue weighted by Gasteiger charge is 2.24. The fourth-order valence-electron chi connectivity index (χ4n) is 1.57. The van der Waals surface area contributed by atoms with Crippen LogP contribution in [0, 0.1) is 18.3 Å². The fraction of sp³-hybridized carbons (Fsp3) is 0.462. The minimum absolute atomic E-state index is 0.545. The first kappa shape index (κ1) is 13.8. The third-order valence-electron chi connectivity index (χ3n) is 2.26. The van der Waals surface area contributed by atoms with E-state index in [1.54, 1.807) is 7.11 Å². The highest BCUT2D eigenvalue weighted by atomic mass is 28.4. The molecule has 0 saturated carbocycles. The molecular weight excluding hydrogens is 230 g/mol. The molecule has 0 fully saturated rings. The van der Waals surface area contributed by atoms with Crippen LogP contribution >= 0.6 is 0 Å². The molecule has 0 bridgehead atoms. The molecule has 0 radical (unpaired) electrons. The first-order valence-electron chi connectivity index (χ1n) is 5.59. The normalized spacial score (nSPS) is 12.9. The standard InChI is InChI=1S/C13H19NO2Si/c1-10-6-7-12(15-2)11(8-10)13(9-14)16-17(3,4)5/h6-8,13H,1-5H3/t13-/m1/s1. The number of methoxy groups -OCH3 is 1. The summed E-state index contributed by atoms with van der Waals surface area (Å²) in [6.45, 7) is 8.20. The summed E-state index contributed by atoms with van der Waals surface area (Å²) in [5.74, 6) is 0.709. The number of benzene rings is 1. The molecule has 0 aromatic heterocycles. The number of hydrogen-bond donors (Lipinski definition) is 0. The van der Waals surface area contributed by atoms with Crippen LogP contribution in [0.1, 0.15) is 17.2 Å². The Morgan fingerprint density at radius 3 is 2.41 bits per heavy atom. The Morgan fingerprint density at radius 1 is 1.29 bits per heavy atom. The maximum Gasteiger partial charge on any atom is 0.186 e. The number of ether oxygens (including phenoxy) is 1. The van der Waals surface area contributed by atoms with E-state index in [4.69, 9.17) is 9.16 Å². The van der Waals surface area contributed by atoms with Crippen molar-refractivity contribution < 1.29 is 9.16 Å². The number of aryl methyl sites for hydroxylation is 1. The summed E-state index contributed by atoms with van der Waals surface area (Å²) in [5.41, 5.74) is 1.91. The largest absolute Gasteiger partial charge is 0.496 e. The molecule has 0 amide bonds. The van der Waals surface area contributed by atoms with E-state index >= 15 is 0 Å². The van der Waals surface area contributed by atoms with Crippen molar-refractivity contribution in [1.82, 2.24) is 0 Å². The second-order valence-electron chi connectivity index (χ2n) is 4.98. The number of rotatable bonds is 4. The zero-order valence-electron chi connectivity index (χ0n) is 11.1. The summed E-state index contributed by atoms with van der Waals surface area (Å²) in [6.07, 6.45) is -0.545. The SMILES string of the molecule is COc1ccc(C)cc1[C@@H](C#N)O[Si](C)(C)C. The van der Waals surface area contributed by atoms with Crippen LogP contribution in [0.15, 0.2) is 18.2 Å². The van der Waals surface area contributed by atoms with E-state index in [0.717, 1.165) is 11.1 Å². The molecule has 0 heterocycles. The lowest BCUT2D eigenvalue weighted by Gasteiger charge is -2.23. The first-order chi connectivity index (χ1) is 7.87. The second-order valence-corrected chi connectivity index (χ2v) is 9.45. The van der Waals surface area contributed by atoms with Crippen LogP contribution in [0.25, 0.3) is 0 Å². The maximum absolute atomic E-state index is 9.25. The van der Waals surface area contributed by atoms with Gasteiger partial charge in [0.05, 0.1) is 13.2 Å². The van der Waals surface area contributed by atoms with E-state index in [2.05, 4.69) is 25.7 Å². The number of hydrogen-bond acceptors (Lipinski definition) is 3. The van der Waals surface area contributed by atoms with Crippen LogP contribution in [0.2, 0.25) is 19.6 Å². The van der Waals surface area contributed by atoms with E-state index in [9.17, 15) is 5.26 Å². The lowest BCUT2D eigenvalue weighted by Crippen LogP contribution is -2.27. The van der Waals surface area contributed by atoms with Crippen LogP contribution in [0.3, 0.4) is 0 Å². The van der Waals surface area contributed by atoms with Gasteiger partial charge in [-0.25, -0.2) is 0 Å². The summed E-state index contributed by atoms with van der Waals surface area (Å²) >= 11 is 0. The predicted octanol–water partition coefficient (Wildman–Crippen LogP) is 3.42. The van der Waals surface area contributed by atoms with Gasteiger partial charge in [-0.1, -0.05) is 11.6 Å². The average molecular weight is 249 g/mol. The molecule has 1 atom stereocenters. The van der Waals surface area contributed by atoms with Gasteiger partial charge in [0.15, 0.2) is 14.4 Å². The first-order valence-corrected chi connectivity index (χ1v) is 9.00. The summed E-state index contributed by atoms with van der Waals surface area (Å²) in [5, 5.41) is 9.25. The molecule has 0 aliphatic heterocycles. The molecule has 0 saturated heterocycles. The molecule has 1 rings (SSSR count). The molecule has 1 aromatic carbocycles. The van der Waals surface area contributed by atoms with Gasteiger partial charge in [0.1, 0.15) is 5.75 Å². The highest BCUT2D eigenvalue weighted by molar-refractivity contribution is 6.69. The van der Waals surface area contributed by atoms with Crippen molar-refractivity contribution in [1.29, 1.82) is 5.26 Å². The van der Waals surface area contributed by atoms with Gasteiger partial charge in [-0.2, -0.15) is 5.26 Å². The minimum Gasteiger partial charge on any atom is -0.496 e. The van der Waals surface area contributed by atoms with Gasteiger partial charge in [-0.15, -0.1) is 0 Å². The summed E-state index contributed by atoms with van der Waals surface area (Å²) < 4.78 is 11.2. The Bertz CT molecular complexity index is 432. The van der Waals surface area contributed by atoms with Crippen molar-refractivity contribution >= 4 is 8.32 Å². The van der Waals surface area contributed by atoms with Crippen molar-refractivity contribution in [3.8, 4) is 11.8 Å². The maximum atomic E-state index is 9.25. The number of nitriles is 1. The van der Waals surface area contributed by atoms with E-state index in [0.29, 0.717) is 5.75 Å².